The highest BCUT2D eigenvalue weighted by Gasteiger charge is 2.05. The van der Waals surface area contributed by atoms with E-state index in [0.29, 0.717) is 5.92 Å². The van der Waals surface area contributed by atoms with Gasteiger partial charge in [0, 0.05) is 17.3 Å². The maximum absolute atomic E-state index is 8.89. The van der Waals surface area contributed by atoms with E-state index in [-0.39, 0.29) is 6.61 Å². The maximum atomic E-state index is 8.89. The normalized spacial score (nSPS) is 12.5. The van der Waals surface area contributed by atoms with Crippen molar-refractivity contribution in [3.05, 3.63) is 24.3 Å². The average molecular weight is 212 g/mol. The largest absolute Gasteiger partial charge is 0.496 e. The molecule has 1 atom stereocenters. The summed E-state index contributed by atoms with van der Waals surface area (Å²) in [6.07, 6.45) is 0. The van der Waals surface area contributed by atoms with Gasteiger partial charge < -0.3 is 9.84 Å². The minimum absolute atomic E-state index is 0.238. The molecule has 0 heterocycles. The standard InChI is InChI=1S/C11H16O2S/c1-9(7-12)8-14-11-6-4-3-5-10(11)13-2/h3-6,9,12H,7-8H2,1-2H3. The van der Waals surface area contributed by atoms with E-state index in [1.807, 2.05) is 31.2 Å². The van der Waals surface area contributed by atoms with Gasteiger partial charge >= 0.3 is 0 Å². The van der Waals surface area contributed by atoms with Crippen molar-refractivity contribution in [1.29, 1.82) is 0 Å². The van der Waals surface area contributed by atoms with Crippen molar-refractivity contribution >= 4 is 11.8 Å². The fourth-order valence-electron chi connectivity index (χ4n) is 1.02. The van der Waals surface area contributed by atoms with E-state index in [0.717, 1.165) is 16.4 Å². The number of thioether (sulfide) groups is 1. The minimum atomic E-state index is 0.238. The Morgan fingerprint density at radius 3 is 2.79 bits per heavy atom. The van der Waals surface area contributed by atoms with Crippen molar-refractivity contribution in [1.82, 2.24) is 0 Å². The van der Waals surface area contributed by atoms with Crippen molar-refractivity contribution in [2.24, 2.45) is 5.92 Å². The Hall–Kier alpha value is -0.670. The Balaban J connectivity index is 2.57. The van der Waals surface area contributed by atoms with E-state index in [1.54, 1.807) is 18.9 Å². The zero-order valence-corrected chi connectivity index (χ0v) is 9.38. The summed E-state index contributed by atoms with van der Waals surface area (Å²) in [5, 5.41) is 8.89. The summed E-state index contributed by atoms with van der Waals surface area (Å²) in [5.74, 6) is 2.14. The molecule has 0 saturated carbocycles. The number of rotatable bonds is 5. The topological polar surface area (TPSA) is 29.5 Å². The van der Waals surface area contributed by atoms with Crippen molar-refractivity contribution in [2.75, 3.05) is 19.5 Å². The number of hydrogen-bond donors (Lipinski definition) is 1. The first-order valence-electron chi connectivity index (χ1n) is 4.64. The Bertz CT molecular complexity index is 276. The van der Waals surface area contributed by atoms with Gasteiger partial charge in [-0.3, -0.25) is 0 Å². The summed E-state index contributed by atoms with van der Waals surface area (Å²) in [7, 11) is 1.68. The molecular formula is C11H16O2S. The molecule has 78 valence electrons. The molecule has 1 rings (SSSR count). The van der Waals surface area contributed by atoms with Gasteiger partial charge in [-0.2, -0.15) is 0 Å². The quantitative estimate of drug-likeness (QED) is 0.760. The van der Waals surface area contributed by atoms with Crippen LogP contribution in [0.5, 0.6) is 5.75 Å². The van der Waals surface area contributed by atoms with E-state index in [9.17, 15) is 0 Å². The lowest BCUT2D eigenvalue weighted by molar-refractivity contribution is 0.250. The van der Waals surface area contributed by atoms with Crippen LogP contribution >= 0.6 is 11.8 Å². The Morgan fingerprint density at radius 1 is 1.43 bits per heavy atom. The molecule has 0 aliphatic rings. The molecule has 0 aliphatic carbocycles. The van der Waals surface area contributed by atoms with Crippen LogP contribution in [0.25, 0.3) is 0 Å². The van der Waals surface area contributed by atoms with Crippen LogP contribution in [0.3, 0.4) is 0 Å². The predicted octanol–water partition coefficient (Wildman–Crippen LogP) is 2.42. The second kappa shape index (κ2) is 5.94. The van der Waals surface area contributed by atoms with E-state index in [2.05, 4.69) is 0 Å². The first-order chi connectivity index (χ1) is 6.77. The molecule has 14 heavy (non-hydrogen) atoms. The number of benzene rings is 1. The summed E-state index contributed by atoms with van der Waals surface area (Å²) in [6.45, 7) is 2.27. The maximum Gasteiger partial charge on any atom is 0.132 e. The molecule has 3 heteroatoms. The molecular weight excluding hydrogens is 196 g/mol. The summed E-state index contributed by atoms with van der Waals surface area (Å²) in [4.78, 5) is 1.13. The van der Waals surface area contributed by atoms with Crippen LogP contribution < -0.4 is 4.74 Å². The molecule has 0 saturated heterocycles. The molecule has 0 aliphatic heterocycles. The van der Waals surface area contributed by atoms with Crippen molar-refractivity contribution < 1.29 is 9.84 Å². The summed E-state index contributed by atoms with van der Waals surface area (Å²) in [5.41, 5.74) is 0. The summed E-state index contributed by atoms with van der Waals surface area (Å²) >= 11 is 1.72. The first-order valence-corrected chi connectivity index (χ1v) is 5.63. The summed E-state index contributed by atoms with van der Waals surface area (Å²) < 4.78 is 5.23. The lowest BCUT2D eigenvalue weighted by Crippen LogP contribution is -2.03. The van der Waals surface area contributed by atoms with Crippen LogP contribution in [-0.2, 0) is 0 Å². The fraction of sp³-hybridized carbons (Fsp3) is 0.455. The van der Waals surface area contributed by atoms with Crippen LogP contribution in [0.15, 0.2) is 29.2 Å². The molecule has 0 aromatic heterocycles. The van der Waals surface area contributed by atoms with Gasteiger partial charge in [-0.25, -0.2) is 0 Å². The Morgan fingerprint density at radius 2 is 2.14 bits per heavy atom. The molecule has 0 spiro atoms. The zero-order valence-electron chi connectivity index (χ0n) is 8.56. The number of ether oxygens (including phenoxy) is 1. The number of para-hydroxylation sites is 1. The van der Waals surface area contributed by atoms with Gasteiger partial charge in [0.05, 0.1) is 7.11 Å². The third kappa shape index (κ3) is 3.24. The second-order valence-electron chi connectivity index (χ2n) is 3.25. The molecule has 1 aromatic rings. The lowest BCUT2D eigenvalue weighted by atomic mass is 10.2. The Labute approximate surface area is 89.3 Å². The third-order valence-electron chi connectivity index (χ3n) is 1.90. The van der Waals surface area contributed by atoms with Crippen molar-refractivity contribution in [3.8, 4) is 5.75 Å². The molecule has 0 fully saturated rings. The first kappa shape index (κ1) is 11.4. The van der Waals surface area contributed by atoms with Crippen molar-refractivity contribution in [2.45, 2.75) is 11.8 Å². The van der Waals surface area contributed by atoms with Gasteiger partial charge in [-0.15, -0.1) is 11.8 Å². The third-order valence-corrected chi connectivity index (χ3v) is 3.29. The van der Waals surface area contributed by atoms with E-state index < -0.39 is 0 Å². The smallest absolute Gasteiger partial charge is 0.132 e. The predicted molar refractivity (Wildman–Crippen MR) is 60.0 cm³/mol. The van der Waals surface area contributed by atoms with Gasteiger partial charge in [0.15, 0.2) is 0 Å². The number of aliphatic hydroxyl groups is 1. The van der Waals surface area contributed by atoms with Crippen LogP contribution in [0.4, 0.5) is 0 Å². The van der Waals surface area contributed by atoms with Gasteiger partial charge in [-0.05, 0) is 18.1 Å². The number of methoxy groups -OCH3 is 1. The lowest BCUT2D eigenvalue weighted by Gasteiger charge is -2.10. The highest BCUT2D eigenvalue weighted by atomic mass is 32.2. The Kier molecular flexibility index (Phi) is 4.84. The average Bonchev–Trinajstić information content (AvgIpc) is 2.26. The zero-order chi connectivity index (χ0) is 10.4. The molecule has 1 unspecified atom stereocenters. The SMILES string of the molecule is COc1ccccc1SCC(C)CO. The van der Waals surface area contributed by atoms with E-state index in [4.69, 9.17) is 9.84 Å². The molecule has 2 nitrogen and oxygen atoms in total. The summed E-state index contributed by atoms with van der Waals surface area (Å²) in [6, 6.07) is 7.94. The fourth-order valence-corrected chi connectivity index (χ4v) is 2.06. The van der Waals surface area contributed by atoms with Crippen LogP contribution in [0.2, 0.25) is 0 Å². The number of aliphatic hydroxyl groups excluding tert-OH is 1. The van der Waals surface area contributed by atoms with Gasteiger partial charge in [-0.1, -0.05) is 19.1 Å². The van der Waals surface area contributed by atoms with Crippen LogP contribution in [0.1, 0.15) is 6.92 Å². The molecule has 0 bridgehead atoms. The van der Waals surface area contributed by atoms with Gasteiger partial charge in [0.2, 0.25) is 0 Å². The molecule has 0 radical (unpaired) electrons. The minimum Gasteiger partial charge on any atom is -0.496 e. The highest BCUT2D eigenvalue weighted by molar-refractivity contribution is 7.99. The van der Waals surface area contributed by atoms with E-state index >= 15 is 0 Å². The molecule has 1 N–H and O–H groups in total. The second-order valence-corrected chi connectivity index (χ2v) is 4.31. The highest BCUT2D eigenvalue weighted by Crippen LogP contribution is 2.29. The molecule has 0 amide bonds. The van der Waals surface area contributed by atoms with Crippen LogP contribution in [-0.4, -0.2) is 24.6 Å². The van der Waals surface area contributed by atoms with Crippen LogP contribution in [0, 0.1) is 5.92 Å². The monoisotopic (exact) mass is 212 g/mol. The number of hydrogen-bond acceptors (Lipinski definition) is 3. The van der Waals surface area contributed by atoms with Gasteiger partial charge in [0.1, 0.15) is 5.75 Å². The molecule has 1 aromatic carbocycles. The van der Waals surface area contributed by atoms with Crippen molar-refractivity contribution in [3.63, 3.8) is 0 Å². The van der Waals surface area contributed by atoms with Gasteiger partial charge in [0.25, 0.3) is 0 Å². The van der Waals surface area contributed by atoms with E-state index in [1.165, 1.54) is 0 Å².